The molecule has 0 amide bonds. The minimum absolute atomic E-state index is 0.0182. The molecule has 1 aromatic carbocycles. The van der Waals surface area contributed by atoms with Gasteiger partial charge >= 0.3 is 0 Å². The molecular weight excluding hydrogens is 328 g/mol. The highest BCUT2D eigenvalue weighted by Gasteiger charge is 2.12. The summed E-state index contributed by atoms with van der Waals surface area (Å²) in [5.74, 6) is -0.121. The zero-order chi connectivity index (χ0) is 13.1. The Morgan fingerprint density at radius 3 is 2.65 bits per heavy atom. The molecule has 0 unspecified atom stereocenters. The van der Waals surface area contributed by atoms with Crippen LogP contribution in [0.1, 0.15) is 23.2 Å². The molecule has 1 aromatic rings. The number of carbonyl (C=O) groups excluding carboxylic acids is 1. The van der Waals surface area contributed by atoms with E-state index in [1.165, 1.54) is 0 Å². The number of hydrogen-bond acceptors (Lipinski definition) is 3. The van der Waals surface area contributed by atoms with Crippen molar-refractivity contribution in [1.29, 1.82) is 0 Å². The number of sulfone groups is 1. The first-order valence-electron chi connectivity index (χ1n) is 4.95. The van der Waals surface area contributed by atoms with Gasteiger partial charge in [-0.05, 0) is 24.6 Å². The quantitative estimate of drug-likeness (QED) is 0.775. The molecule has 0 fully saturated rings. The van der Waals surface area contributed by atoms with Crippen molar-refractivity contribution < 1.29 is 13.2 Å². The topological polar surface area (TPSA) is 51.2 Å². The molecule has 0 aliphatic carbocycles. The van der Waals surface area contributed by atoms with Crippen molar-refractivity contribution in [2.45, 2.75) is 12.8 Å². The molecule has 0 saturated carbocycles. The third-order valence-corrected chi connectivity index (χ3v) is 4.00. The van der Waals surface area contributed by atoms with Crippen LogP contribution in [-0.4, -0.2) is 26.2 Å². The average Bonchev–Trinajstić information content (AvgIpc) is 2.19. The number of carbonyl (C=O) groups is 1. The maximum absolute atomic E-state index is 11.8. The van der Waals surface area contributed by atoms with Crippen LogP contribution in [0.3, 0.4) is 0 Å². The van der Waals surface area contributed by atoms with E-state index in [4.69, 9.17) is 11.6 Å². The second-order valence-corrected chi connectivity index (χ2v) is 7.36. The second-order valence-electron chi connectivity index (χ2n) is 3.78. The number of hydrogen-bond donors (Lipinski definition) is 0. The predicted octanol–water partition coefficient (Wildman–Crippen LogP) is 3.11. The first-order chi connectivity index (χ1) is 7.79. The Hall–Kier alpha value is -0.390. The van der Waals surface area contributed by atoms with Crippen molar-refractivity contribution in [2.24, 2.45) is 0 Å². The monoisotopic (exact) mass is 338 g/mol. The van der Waals surface area contributed by atoms with E-state index in [0.29, 0.717) is 17.0 Å². The molecule has 1 rings (SSSR count). The van der Waals surface area contributed by atoms with E-state index in [0.717, 1.165) is 10.7 Å². The fourth-order valence-electron chi connectivity index (χ4n) is 1.34. The molecular formula is C11H12BrClO3S. The summed E-state index contributed by atoms with van der Waals surface area (Å²) in [7, 11) is -3.01. The Morgan fingerprint density at radius 2 is 2.06 bits per heavy atom. The molecule has 0 saturated heterocycles. The van der Waals surface area contributed by atoms with Gasteiger partial charge in [0.2, 0.25) is 0 Å². The molecule has 0 aliphatic rings. The number of benzene rings is 1. The van der Waals surface area contributed by atoms with Crippen molar-refractivity contribution in [3.8, 4) is 0 Å². The maximum atomic E-state index is 11.8. The summed E-state index contributed by atoms with van der Waals surface area (Å²) in [4.78, 5) is 11.8. The lowest BCUT2D eigenvalue weighted by atomic mass is 10.1. The van der Waals surface area contributed by atoms with E-state index in [-0.39, 0.29) is 18.0 Å². The van der Waals surface area contributed by atoms with Crippen LogP contribution in [0.4, 0.5) is 0 Å². The van der Waals surface area contributed by atoms with Crippen LogP contribution >= 0.6 is 27.5 Å². The molecule has 3 nitrogen and oxygen atoms in total. The van der Waals surface area contributed by atoms with Gasteiger partial charge in [-0.1, -0.05) is 27.5 Å². The molecule has 0 bridgehead atoms. The van der Waals surface area contributed by atoms with Crippen LogP contribution in [0.15, 0.2) is 22.7 Å². The number of Topliss-reactive ketones (excluding diaryl/α,β-unsaturated/α-hetero) is 1. The van der Waals surface area contributed by atoms with Crippen LogP contribution < -0.4 is 0 Å². The largest absolute Gasteiger partial charge is 0.294 e. The zero-order valence-corrected chi connectivity index (χ0v) is 12.4. The molecule has 6 heteroatoms. The summed E-state index contributed by atoms with van der Waals surface area (Å²) in [6, 6.07) is 5.02. The Kier molecular flexibility index (Phi) is 5.16. The molecule has 94 valence electrons. The van der Waals surface area contributed by atoms with E-state index in [1.807, 2.05) is 0 Å². The van der Waals surface area contributed by atoms with Gasteiger partial charge in [0.05, 0.1) is 10.8 Å². The average molecular weight is 340 g/mol. The maximum Gasteiger partial charge on any atom is 0.164 e. The Balaban J connectivity index is 2.67. The van der Waals surface area contributed by atoms with E-state index in [2.05, 4.69) is 15.9 Å². The Morgan fingerprint density at radius 1 is 1.41 bits per heavy atom. The van der Waals surface area contributed by atoms with Crippen LogP contribution in [0.2, 0.25) is 5.02 Å². The second kappa shape index (κ2) is 5.98. The van der Waals surface area contributed by atoms with Gasteiger partial charge in [0, 0.05) is 22.7 Å². The van der Waals surface area contributed by atoms with Crippen molar-refractivity contribution in [2.75, 3.05) is 12.0 Å². The fraction of sp³-hybridized carbons (Fsp3) is 0.364. The molecule has 0 N–H and O–H groups in total. The highest BCUT2D eigenvalue weighted by molar-refractivity contribution is 9.10. The summed E-state index contributed by atoms with van der Waals surface area (Å²) in [5.41, 5.74) is 0.426. The molecule has 0 spiro atoms. The highest BCUT2D eigenvalue weighted by Crippen LogP contribution is 2.22. The van der Waals surface area contributed by atoms with Gasteiger partial charge in [-0.25, -0.2) is 8.42 Å². The normalized spacial score (nSPS) is 11.5. The number of halogens is 2. The molecule has 0 radical (unpaired) electrons. The van der Waals surface area contributed by atoms with Crippen LogP contribution in [0.5, 0.6) is 0 Å². The third kappa shape index (κ3) is 5.19. The molecule has 0 aromatic heterocycles. The van der Waals surface area contributed by atoms with Gasteiger partial charge < -0.3 is 0 Å². The SMILES string of the molecule is CS(=O)(=O)CCCC(=O)c1cc(Br)ccc1Cl. The lowest BCUT2D eigenvalue weighted by molar-refractivity contribution is 0.0982. The van der Waals surface area contributed by atoms with Gasteiger partial charge in [-0.2, -0.15) is 0 Å². The van der Waals surface area contributed by atoms with E-state index in [9.17, 15) is 13.2 Å². The van der Waals surface area contributed by atoms with E-state index >= 15 is 0 Å². The number of rotatable bonds is 5. The first kappa shape index (κ1) is 14.7. The number of ketones is 1. The summed E-state index contributed by atoms with van der Waals surface area (Å²) in [6.45, 7) is 0. The zero-order valence-electron chi connectivity index (χ0n) is 9.24. The lowest BCUT2D eigenvalue weighted by Crippen LogP contribution is -2.07. The predicted molar refractivity (Wildman–Crippen MR) is 72.4 cm³/mol. The summed E-state index contributed by atoms with van der Waals surface area (Å²) >= 11 is 9.16. The van der Waals surface area contributed by atoms with Crippen molar-refractivity contribution in [3.63, 3.8) is 0 Å². The highest BCUT2D eigenvalue weighted by atomic mass is 79.9. The van der Waals surface area contributed by atoms with Crippen molar-refractivity contribution >= 4 is 43.2 Å². The molecule has 0 atom stereocenters. The van der Waals surface area contributed by atoms with Gasteiger partial charge in [0.25, 0.3) is 0 Å². The van der Waals surface area contributed by atoms with Crippen molar-refractivity contribution in [1.82, 2.24) is 0 Å². The smallest absolute Gasteiger partial charge is 0.164 e. The van der Waals surface area contributed by atoms with E-state index in [1.54, 1.807) is 18.2 Å². The standard InChI is InChI=1S/C11H12BrClO3S/c1-17(15,16)6-2-3-11(14)9-7-8(12)4-5-10(9)13/h4-5,7H,2-3,6H2,1H3. The van der Waals surface area contributed by atoms with E-state index < -0.39 is 9.84 Å². The third-order valence-electron chi connectivity index (χ3n) is 2.15. The Bertz CT molecular complexity index is 526. The summed E-state index contributed by atoms with van der Waals surface area (Å²) < 4.78 is 22.6. The van der Waals surface area contributed by atoms with Crippen LogP contribution in [-0.2, 0) is 9.84 Å². The van der Waals surface area contributed by atoms with Gasteiger partial charge in [0.15, 0.2) is 5.78 Å². The molecule has 0 aliphatic heterocycles. The van der Waals surface area contributed by atoms with Gasteiger partial charge in [0.1, 0.15) is 9.84 Å². The molecule has 0 heterocycles. The van der Waals surface area contributed by atoms with Crippen LogP contribution in [0, 0.1) is 0 Å². The van der Waals surface area contributed by atoms with Crippen molar-refractivity contribution in [3.05, 3.63) is 33.3 Å². The van der Waals surface area contributed by atoms with Gasteiger partial charge in [-0.15, -0.1) is 0 Å². The summed E-state index contributed by atoms with van der Waals surface area (Å²) in [5, 5.41) is 0.387. The van der Waals surface area contributed by atoms with Gasteiger partial charge in [-0.3, -0.25) is 4.79 Å². The lowest BCUT2D eigenvalue weighted by Gasteiger charge is -2.04. The molecule has 17 heavy (non-hydrogen) atoms. The fourth-order valence-corrected chi connectivity index (χ4v) is 2.59. The van der Waals surface area contributed by atoms with Crippen LogP contribution in [0.25, 0.3) is 0 Å². The summed E-state index contributed by atoms with van der Waals surface area (Å²) in [6.07, 6.45) is 1.66. The minimum Gasteiger partial charge on any atom is -0.294 e. The first-order valence-corrected chi connectivity index (χ1v) is 8.19. The Labute approximate surface area is 114 Å². The minimum atomic E-state index is -3.01.